The molecule has 0 saturated carbocycles. The monoisotopic (exact) mass is 509 g/mol. The maximum absolute atomic E-state index is 6.08. The zero-order valence-corrected chi connectivity index (χ0v) is 20.9. The summed E-state index contributed by atoms with van der Waals surface area (Å²) in [6.45, 7) is 0. The summed E-state index contributed by atoms with van der Waals surface area (Å²) in [5, 5.41) is 0. The van der Waals surface area contributed by atoms with E-state index in [2.05, 4.69) is 65.6 Å². The molecule has 0 radical (unpaired) electrons. The minimum absolute atomic E-state index is 0.617. The fraction of sp³-hybridized carbons (Fsp3) is 0. The lowest BCUT2D eigenvalue weighted by Gasteiger charge is -2.33. The van der Waals surface area contributed by atoms with Crippen LogP contribution in [0.15, 0.2) is 134 Å². The number of hydrogen-bond acceptors (Lipinski definition) is 6. The molecule has 6 heteroatoms. The van der Waals surface area contributed by atoms with Crippen molar-refractivity contribution in [2.24, 2.45) is 0 Å². The van der Waals surface area contributed by atoms with Gasteiger partial charge >= 0.3 is 0 Å². The highest BCUT2D eigenvalue weighted by Crippen LogP contribution is 2.53. The highest BCUT2D eigenvalue weighted by molar-refractivity contribution is 7.99. The van der Waals surface area contributed by atoms with Crippen LogP contribution in [0, 0.1) is 0 Å². The van der Waals surface area contributed by atoms with Crippen LogP contribution in [-0.2, 0) is 0 Å². The Bertz CT molecular complexity index is 1790. The van der Waals surface area contributed by atoms with Crippen molar-refractivity contribution in [2.75, 3.05) is 4.90 Å². The zero-order chi connectivity index (χ0) is 25.1. The summed E-state index contributed by atoms with van der Waals surface area (Å²) in [4.78, 5) is 14.0. The smallest absolute Gasteiger partial charge is 0.227 e. The molecule has 0 N–H and O–H groups in total. The Kier molecular flexibility index (Phi) is 4.69. The molecule has 5 nitrogen and oxygen atoms in total. The largest absolute Gasteiger partial charge is 0.436 e. The van der Waals surface area contributed by atoms with Gasteiger partial charge in [0.2, 0.25) is 11.8 Å². The number of benzene rings is 5. The first-order valence-corrected chi connectivity index (χ1v) is 13.1. The van der Waals surface area contributed by atoms with Crippen LogP contribution in [0.3, 0.4) is 0 Å². The first-order chi connectivity index (χ1) is 18.8. The average molecular weight is 510 g/mol. The van der Waals surface area contributed by atoms with Crippen LogP contribution in [0.5, 0.6) is 0 Å². The third kappa shape index (κ3) is 3.42. The first kappa shape index (κ1) is 21.3. The second-order valence-corrected chi connectivity index (χ2v) is 10.2. The number of rotatable bonds is 3. The number of fused-ring (bicyclic) bond motifs is 4. The van der Waals surface area contributed by atoms with E-state index in [9.17, 15) is 0 Å². The predicted molar refractivity (Wildman–Crippen MR) is 151 cm³/mol. The van der Waals surface area contributed by atoms with Crippen LogP contribution in [0.1, 0.15) is 0 Å². The molecule has 0 bridgehead atoms. The summed E-state index contributed by atoms with van der Waals surface area (Å²) in [6.07, 6.45) is 0. The van der Waals surface area contributed by atoms with Gasteiger partial charge in [0.15, 0.2) is 11.2 Å². The molecule has 5 aromatic carbocycles. The zero-order valence-electron chi connectivity index (χ0n) is 20.0. The summed E-state index contributed by atoms with van der Waals surface area (Å²) in [7, 11) is 0. The van der Waals surface area contributed by atoms with E-state index in [1.54, 1.807) is 11.8 Å². The summed E-state index contributed by atoms with van der Waals surface area (Å²) >= 11 is 1.73. The van der Waals surface area contributed by atoms with Crippen LogP contribution in [-0.4, -0.2) is 9.97 Å². The molecular formula is C32H19N3O2S. The quantitative estimate of drug-likeness (QED) is 0.237. The third-order valence-electron chi connectivity index (χ3n) is 6.72. The van der Waals surface area contributed by atoms with Crippen LogP contribution in [0.25, 0.3) is 45.1 Å². The normalized spacial score (nSPS) is 12.6. The molecule has 0 spiro atoms. The van der Waals surface area contributed by atoms with Crippen LogP contribution in [0.4, 0.5) is 17.1 Å². The fourth-order valence-electron chi connectivity index (χ4n) is 4.92. The molecule has 0 fully saturated rings. The summed E-state index contributed by atoms with van der Waals surface area (Å²) < 4.78 is 12.2. The molecule has 180 valence electrons. The molecule has 1 aliphatic rings. The van der Waals surface area contributed by atoms with Crippen LogP contribution >= 0.6 is 11.8 Å². The molecule has 0 atom stereocenters. The predicted octanol–water partition coefficient (Wildman–Crippen LogP) is 9.24. The molecule has 0 saturated heterocycles. The summed E-state index contributed by atoms with van der Waals surface area (Å²) in [5.41, 5.74) is 8.49. The molecule has 2 aromatic heterocycles. The molecule has 1 aliphatic heterocycles. The standard InChI is InChI=1S/C32H19N3O2S/c1-2-8-22(9-3-1)35-25-16-14-20(31-33-23-10-4-6-12-27(23)36-31)18-29(25)38-30-19-21(15-17-26(30)35)32-34-24-11-5-7-13-28(24)37-32/h1-19H. The van der Waals surface area contributed by atoms with E-state index in [1.165, 1.54) is 0 Å². The third-order valence-corrected chi connectivity index (χ3v) is 7.81. The van der Waals surface area contributed by atoms with Gasteiger partial charge in [-0.15, -0.1) is 0 Å². The van der Waals surface area contributed by atoms with Gasteiger partial charge in [0.25, 0.3) is 0 Å². The first-order valence-electron chi connectivity index (χ1n) is 12.3. The van der Waals surface area contributed by atoms with Crippen molar-refractivity contribution in [3.05, 3.63) is 115 Å². The minimum atomic E-state index is 0.617. The maximum atomic E-state index is 6.08. The SMILES string of the molecule is c1ccc(N2c3ccc(-c4nc5ccccc5o4)cc3Sc3cc(-c4nc5ccccc5o4)ccc32)cc1. The lowest BCUT2D eigenvalue weighted by Crippen LogP contribution is -2.14. The molecule has 3 heterocycles. The van der Waals surface area contributed by atoms with Crippen molar-refractivity contribution < 1.29 is 8.83 Å². The number of aromatic nitrogens is 2. The molecular weight excluding hydrogens is 490 g/mol. The van der Waals surface area contributed by atoms with E-state index in [-0.39, 0.29) is 0 Å². The second-order valence-electron chi connectivity index (χ2n) is 9.11. The van der Waals surface area contributed by atoms with Gasteiger partial charge in [0, 0.05) is 26.6 Å². The fourth-order valence-corrected chi connectivity index (χ4v) is 6.06. The maximum Gasteiger partial charge on any atom is 0.227 e. The Balaban J connectivity index is 1.27. The van der Waals surface area contributed by atoms with Crippen molar-refractivity contribution in [2.45, 2.75) is 9.79 Å². The Morgan fingerprint density at radius 2 is 1.03 bits per heavy atom. The van der Waals surface area contributed by atoms with E-state index in [0.717, 1.165) is 60.2 Å². The summed E-state index contributed by atoms with van der Waals surface area (Å²) in [6, 6.07) is 38.9. The van der Waals surface area contributed by atoms with Gasteiger partial charge in [-0.3, -0.25) is 0 Å². The number of anilines is 3. The number of hydrogen-bond donors (Lipinski definition) is 0. The average Bonchev–Trinajstić information content (AvgIpc) is 3.60. The summed E-state index contributed by atoms with van der Waals surface area (Å²) in [5.74, 6) is 1.23. The van der Waals surface area contributed by atoms with E-state index >= 15 is 0 Å². The molecule has 0 amide bonds. The van der Waals surface area contributed by atoms with Crippen molar-refractivity contribution in [3.63, 3.8) is 0 Å². The lowest BCUT2D eigenvalue weighted by atomic mass is 10.1. The van der Waals surface area contributed by atoms with E-state index in [1.807, 2.05) is 54.6 Å². The highest BCUT2D eigenvalue weighted by atomic mass is 32.2. The van der Waals surface area contributed by atoms with Crippen molar-refractivity contribution in [1.82, 2.24) is 9.97 Å². The topological polar surface area (TPSA) is 55.3 Å². The van der Waals surface area contributed by atoms with Crippen molar-refractivity contribution >= 4 is 51.0 Å². The van der Waals surface area contributed by atoms with E-state index in [4.69, 9.17) is 18.8 Å². The van der Waals surface area contributed by atoms with Gasteiger partial charge in [-0.25, -0.2) is 9.97 Å². The van der Waals surface area contributed by atoms with Gasteiger partial charge in [0.05, 0.1) is 11.4 Å². The number of nitrogens with zero attached hydrogens (tertiary/aromatic N) is 3. The Morgan fingerprint density at radius 3 is 1.55 bits per heavy atom. The van der Waals surface area contributed by atoms with Gasteiger partial charge < -0.3 is 13.7 Å². The molecule has 0 unspecified atom stereocenters. The van der Waals surface area contributed by atoms with Gasteiger partial charge in [0.1, 0.15) is 11.0 Å². The van der Waals surface area contributed by atoms with E-state index in [0.29, 0.717) is 11.8 Å². The Labute approximate surface area is 222 Å². The van der Waals surface area contributed by atoms with Crippen LogP contribution in [0.2, 0.25) is 0 Å². The van der Waals surface area contributed by atoms with Crippen LogP contribution < -0.4 is 4.90 Å². The number of para-hydroxylation sites is 5. The lowest BCUT2D eigenvalue weighted by molar-refractivity contribution is 0.619. The molecule has 8 rings (SSSR count). The van der Waals surface area contributed by atoms with Crippen molar-refractivity contribution in [1.29, 1.82) is 0 Å². The highest BCUT2D eigenvalue weighted by Gasteiger charge is 2.27. The second kappa shape index (κ2) is 8.36. The molecule has 0 aliphatic carbocycles. The van der Waals surface area contributed by atoms with E-state index < -0.39 is 0 Å². The Morgan fingerprint density at radius 1 is 0.526 bits per heavy atom. The minimum Gasteiger partial charge on any atom is -0.436 e. The number of oxazole rings is 2. The van der Waals surface area contributed by atoms with Gasteiger partial charge in [-0.1, -0.05) is 54.2 Å². The van der Waals surface area contributed by atoms with Gasteiger partial charge in [-0.05, 0) is 72.8 Å². The molecule has 38 heavy (non-hydrogen) atoms. The van der Waals surface area contributed by atoms with Crippen molar-refractivity contribution in [3.8, 4) is 22.9 Å². The Hall–Kier alpha value is -4.81. The molecule has 7 aromatic rings. The van der Waals surface area contributed by atoms with Gasteiger partial charge in [-0.2, -0.15) is 0 Å².